The zero-order valence-corrected chi connectivity index (χ0v) is 32.6. The van der Waals surface area contributed by atoms with Crippen molar-refractivity contribution < 1.29 is 0 Å². The van der Waals surface area contributed by atoms with Crippen LogP contribution in [0.4, 0.5) is 0 Å². The van der Waals surface area contributed by atoms with Gasteiger partial charge in [0.15, 0.2) is 5.82 Å². The van der Waals surface area contributed by atoms with Gasteiger partial charge in [-0.15, -0.1) is 0 Å². The highest BCUT2D eigenvalue weighted by atomic mass is 14.9. The molecule has 1 saturated carbocycles. The topological polar surface area (TPSA) is 25.8 Å². The Morgan fingerprint density at radius 1 is 0.351 bits per heavy atom. The summed E-state index contributed by atoms with van der Waals surface area (Å²) in [5.41, 5.74) is 21.5. The maximum atomic E-state index is 5.22. The first-order chi connectivity index (χ1) is 28.0. The summed E-state index contributed by atoms with van der Waals surface area (Å²) in [5, 5.41) is 0. The fraction of sp³-hybridized carbons (Fsp3) is 0.164. The van der Waals surface area contributed by atoms with E-state index in [9.17, 15) is 0 Å². The van der Waals surface area contributed by atoms with E-state index in [0.29, 0.717) is 0 Å². The lowest BCUT2D eigenvalue weighted by atomic mass is 9.67. The molecular formula is C55H44N2. The fourth-order valence-corrected chi connectivity index (χ4v) is 10.3. The second-order valence-corrected chi connectivity index (χ2v) is 16.9. The Labute approximate surface area is 336 Å². The summed E-state index contributed by atoms with van der Waals surface area (Å²) in [6, 6.07) is 62.2. The molecule has 0 radical (unpaired) electrons. The van der Waals surface area contributed by atoms with Crippen molar-refractivity contribution >= 4 is 0 Å². The third-order valence-electron chi connectivity index (χ3n) is 13.3. The minimum absolute atomic E-state index is 0.118. The van der Waals surface area contributed by atoms with Crippen LogP contribution >= 0.6 is 0 Å². The largest absolute Gasteiger partial charge is 0.228 e. The minimum Gasteiger partial charge on any atom is -0.228 e. The normalized spacial score (nSPS) is 15.5. The lowest BCUT2D eigenvalue weighted by Crippen LogP contribution is -2.28. The van der Waals surface area contributed by atoms with Crippen LogP contribution in [0.3, 0.4) is 0 Å². The van der Waals surface area contributed by atoms with Crippen LogP contribution in [0, 0.1) is 0 Å². The highest BCUT2D eigenvalue weighted by Crippen LogP contribution is 2.60. The molecule has 1 fully saturated rings. The molecule has 11 rings (SSSR count). The number of nitrogens with zero attached hydrogens (tertiary/aromatic N) is 2. The molecule has 1 aromatic heterocycles. The first kappa shape index (κ1) is 33.9. The van der Waals surface area contributed by atoms with E-state index < -0.39 is 0 Å². The highest BCUT2D eigenvalue weighted by molar-refractivity contribution is 5.91. The maximum Gasteiger partial charge on any atom is 0.160 e. The summed E-state index contributed by atoms with van der Waals surface area (Å²) in [7, 11) is 0. The minimum atomic E-state index is -0.118. The summed E-state index contributed by atoms with van der Waals surface area (Å²) in [4.78, 5) is 10.3. The molecule has 0 bridgehead atoms. The van der Waals surface area contributed by atoms with Gasteiger partial charge in [-0.25, -0.2) is 9.97 Å². The Kier molecular flexibility index (Phi) is 7.80. The zero-order chi connectivity index (χ0) is 38.1. The third-order valence-corrected chi connectivity index (χ3v) is 13.3. The van der Waals surface area contributed by atoms with Gasteiger partial charge in [0.1, 0.15) is 0 Å². The van der Waals surface area contributed by atoms with Crippen molar-refractivity contribution in [3.05, 3.63) is 192 Å². The molecule has 7 aromatic carbocycles. The Morgan fingerprint density at radius 3 is 1.65 bits per heavy atom. The Balaban J connectivity index is 0.979. The number of fused-ring (bicyclic) bond motifs is 8. The van der Waals surface area contributed by atoms with Gasteiger partial charge < -0.3 is 0 Å². The summed E-state index contributed by atoms with van der Waals surface area (Å²) >= 11 is 0. The van der Waals surface area contributed by atoms with Crippen LogP contribution in [0.5, 0.6) is 0 Å². The van der Waals surface area contributed by atoms with Crippen molar-refractivity contribution in [1.82, 2.24) is 9.97 Å². The predicted molar refractivity (Wildman–Crippen MR) is 236 cm³/mol. The Bertz CT molecular complexity index is 2830. The van der Waals surface area contributed by atoms with Crippen LogP contribution in [-0.2, 0) is 10.8 Å². The number of benzene rings is 7. The number of aromatic nitrogens is 2. The van der Waals surface area contributed by atoms with E-state index in [4.69, 9.17) is 9.97 Å². The van der Waals surface area contributed by atoms with Crippen LogP contribution in [0.1, 0.15) is 68.2 Å². The molecule has 2 nitrogen and oxygen atoms in total. The molecule has 57 heavy (non-hydrogen) atoms. The maximum absolute atomic E-state index is 5.22. The van der Waals surface area contributed by atoms with Gasteiger partial charge >= 0.3 is 0 Å². The number of hydrogen-bond acceptors (Lipinski definition) is 2. The second kappa shape index (κ2) is 13.1. The van der Waals surface area contributed by atoms with E-state index in [0.717, 1.165) is 33.9 Å². The van der Waals surface area contributed by atoms with E-state index in [1.54, 1.807) is 11.1 Å². The van der Waals surface area contributed by atoms with Crippen molar-refractivity contribution in [2.24, 2.45) is 0 Å². The molecule has 0 atom stereocenters. The number of hydrogen-bond donors (Lipinski definition) is 0. The van der Waals surface area contributed by atoms with Crippen LogP contribution in [0.15, 0.2) is 170 Å². The van der Waals surface area contributed by atoms with Crippen molar-refractivity contribution in [2.45, 2.75) is 56.8 Å². The van der Waals surface area contributed by atoms with Gasteiger partial charge in [0.25, 0.3) is 0 Å². The van der Waals surface area contributed by atoms with Crippen LogP contribution in [0.2, 0.25) is 0 Å². The molecule has 2 heteroatoms. The van der Waals surface area contributed by atoms with Gasteiger partial charge in [0.05, 0.1) is 11.4 Å². The molecule has 3 aliphatic rings. The highest BCUT2D eigenvalue weighted by Gasteiger charge is 2.46. The summed E-state index contributed by atoms with van der Waals surface area (Å²) in [5.74, 6) is 0.720. The Hall–Kier alpha value is -6.38. The molecule has 0 saturated heterocycles. The molecular weight excluding hydrogens is 689 g/mol. The predicted octanol–water partition coefficient (Wildman–Crippen LogP) is 14.3. The molecule has 0 amide bonds. The second-order valence-electron chi connectivity index (χ2n) is 16.9. The van der Waals surface area contributed by atoms with E-state index in [1.807, 2.05) is 6.07 Å². The van der Waals surface area contributed by atoms with Crippen LogP contribution in [0.25, 0.3) is 78.4 Å². The van der Waals surface area contributed by atoms with Gasteiger partial charge in [-0.05, 0) is 110 Å². The van der Waals surface area contributed by atoms with E-state index in [2.05, 4.69) is 178 Å². The lowest BCUT2D eigenvalue weighted by molar-refractivity contribution is 0.353. The Morgan fingerprint density at radius 2 is 0.877 bits per heavy atom. The molecule has 1 spiro atoms. The first-order valence-corrected chi connectivity index (χ1v) is 20.6. The number of rotatable bonds is 5. The van der Waals surface area contributed by atoms with Crippen molar-refractivity contribution in [1.29, 1.82) is 0 Å². The van der Waals surface area contributed by atoms with Gasteiger partial charge in [-0.1, -0.05) is 173 Å². The van der Waals surface area contributed by atoms with Crippen LogP contribution in [-0.4, -0.2) is 9.97 Å². The standard InChI is InChI=1S/C55H44N2/c1-54(2)48-32-41(27-28-44(48)45-34-50-46(33-49(45)54)43-21-10-11-22-47(43)55(50)29-12-5-13-30-55)40-19-14-20-42(31-40)52-35-51(38-17-8-4-9-18-38)56-53(57-52)39-25-23-37(24-26-39)36-15-6-3-7-16-36/h3-4,6-11,14-28,31-35H,5,12-13,29-30H2,1-2H3. The van der Waals surface area contributed by atoms with Crippen molar-refractivity contribution in [3.8, 4) is 78.4 Å². The molecule has 3 aliphatic carbocycles. The van der Waals surface area contributed by atoms with Crippen molar-refractivity contribution in [3.63, 3.8) is 0 Å². The summed E-state index contributed by atoms with van der Waals surface area (Å²) < 4.78 is 0. The average molecular weight is 733 g/mol. The van der Waals surface area contributed by atoms with Gasteiger partial charge in [-0.3, -0.25) is 0 Å². The fourth-order valence-electron chi connectivity index (χ4n) is 10.3. The molecule has 274 valence electrons. The van der Waals surface area contributed by atoms with Crippen LogP contribution < -0.4 is 0 Å². The average Bonchev–Trinajstić information content (AvgIpc) is 3.66. The van der Waals surface area contributed by atoms with Gasteiger partial charge in [0.2, 0.25) is 0 Å². The third kappa shape index (κ3) is 5.46. The van der Waals surface area contributed by atoms with Gasteiger partial charge in [-0.2, -0.15) is 0 Å². The summed E-state index contributed by atoms with van der Waals surface area (Å²) in [6.07, 6.45) is 6.47. The molecule has 1 heterocycles. The quantitative estimate of drug-likeness (QED) is 0.176. The smallest absolute Gasteiger partial charge is 0.160 e. The summed E-state index contributed by atoms with van der Waals surface area (Å²) in [6.45, 7) is 4.84. The molecule has 8 aromatic rings. The van der Waals surface area contributed by atoms with E-state index in [1.165, 1.54) is 87.7 Å². The SMILES string of the molecule is CC1(C)c2cc(-c3cccc(-c4cc(-c5ccccc5)nc(-c5ccc(-c6ccccc6)cc5)n4)c3)ccc2-c2cc3c(cc21)-c1ccccc1C31CCCCC1. The molecule has 0 unspecified atom stereocenters. The van der Waals surface area contributed by atoms with Gasteiger partial charge in [0, 0.05) is 27.5 Å². The molecule has 0 N–H and O–H groups in total. The zero-order valence-electron chi connectivity index (χ0n) is 32.6. The lowest BCUT2D eigenvalue weighted by Gasteiger charge is -2.36. The first-order valence-electron chi connectivity index (χ1n) is 20.6. The van der Waals surface area contributed by atoms with Crippen molar-refractivity contribution in [2.75, 3.05) is 0 Å². The monoisotopic (exact) mass is 732 g/mol. The van der Waals surface area contributed by atoms with E-state index >= 15 is 0 Å². The molecule has 0 aliphatic heterocycles. The van der Waals surface area contributed by atoms with E-state index in [-0.39, 0.29) is 10.8 Å².